The monoisotopic (exact) mass is 270 g/mol. The van der Waals surface area contributed by atoms with Gasteiger partial charge >= 0.3 is 5.69 Å². The molecule has 2 heterocycles. The van der Waals surface area contributed by atoms with E-state index in [0.29, 0.717) is 22.6 Å². The van der Waals surface area contributed by atoms with E-state index in [9.17, 15) is 9.59 Å². The summed E-state index contributed by atoms with van der Waals surface area (Å²) in [5.41, 5.74) is 1.25. The Labute approximate surface area is 115 Å². The van der Waals surface area contributed by atoms with Gasteiger partial charge in [0, 0.05) is 24.5 Å². The molecule has 2 rings (SSSR count). The lowest BCUT2D eigenvalue weighted by Crippen LogP contribution is -2.39. The van der Waals surface area contributed by atoms with Gasteiger partial charge < -0.3 is 4.57 Å². The number of hydrogen-bond donors (Lipinski definition) is 0. The molecule has 0 unspecified atom stereocenters. The molecule has 102 valence electrons. The molecule has 0 fully saturated rings. The Morgan fingerprint density at radius 2 is 1.85 bits per heavy atom. The lowest BCUT2D eigenvalue weighted by Gasteiger charge is -2.12. The van der Waals surface area contributed by atoms with E-state index in [1.54, 1.807) is 33.9 Å². The minimum Gasteiger partial charge on any atom is -0.301 e. The Kier molecular flexibility index (Phi) is 3.28. The topological polar surface area (TPSA) is 61.2 Å². The van der Waals surface area contributed by atoms with E-state index in [-0.39, 0.29) is 5.82 Å². The zero-order valence-electron chi connectivity index (χ0n) is 11.8. The maximum Gasteiger partial charge on any atom is 0.336 e. The van der Waals surface area contributed by atoms with E-state index >= 15 is 0 Å². The number of aromatic nitrogens is 3. The summed E-state index contributed by atoms with van der Waals surface area (Å²) in [6, 6.07) is 3.02. The van der Waals surface area contributed by atoms with Crippen LogP contribution >= 0.6 is 0 Å². The van der Waals surface area contributed by atoms with Gasteiger partial charge in [0.15, 0.2) is 0 Å². The molecule has 0 N–H and O–H groups in total. The fraction of sp³-hybridized carbons (Fsp3) is 0.286. The Bertz CT molecular complexity index is 853. The van der Waals surface area contributed by atoms with E-state index in [1.807, 2.05) is 0 Å². The van der Waals surface area contributed by atoms with Gasteiger partial charge in [-0.25, -0.2) is 19.2 Å². The van der Waals surface area contributed by atoms with Crippen molar-refractivity contribution < 1.29 is 0 Å². The normalized spacial score (nSPS) is 10.3. The Balaban J connectivity index is 2.87. The van der Waals surface area contributed by atoms with E-state index in [4.69, 9.17) is 6.57 Å². The summed E-state index contributed by atoms with van der Waals surface area (Å²) >= 11 is 0. The first-order valence-electron chi connectivity index (χ1n) is 6.02. The van der Waals surface area contributed by atoms with Crippen molar-refractivity contribution in [3.63, 3.8) is 0 Å². The molecular weight excluding hydrogens is 256 g/mol. The lowest BCUT2D eigenvalue weighted by molar-refractivity contribution is 0.701. The second-order valence-electron chi connectivity index (χ2n) is 4.65. The van der Waals surface area contributed by atoms with Crippen LogP contribution < -0.4 is 11.2 Å². The molecule has 0 spiro atoms. The summed E-state index contributed by atoms with van der Waals surface area (Å²) in [4.78, 5) is 31.9. The molecule has 0 aliphatic carbocycles. The van der Waals surface area contributed by atoms with Gasteiger partial charge in [-0.1, -0.05) is 0 Å². The van der Waals surface area contributed by atoms with Crippen molar-refractivity contribution in [1.29, 1.82) is 0 Å². The van der Waals surface area contributed by atoms with Crippen LogP contribution in [-0.2, 0) is 7.05 Å². The molecule has 0 atom stereocenters. The van der Waals surface area contributed by atoms with E-state index in [2.05, 4.69) is 9.83 Å². The summed E-state index contributed by atoms with van der Waals surface area (Å²) in [5.74, 6) is 0.278. The highest BCUT2D eigenvalue weighted by atomic mass is 16.2. The first kappa shape index (κ1) is 13.7. The zero-order valence-corrected chi connectivity index (χ0v) is 11.8. The van der Waals surface area contributed by atoms with Gasteiger partial charge in [-0.2, -0.15) is 0 Å². The average molecular weight is 270 g/mol. The van der Waals surface area contributed by atoms with Crippen molar-refractivity contribution in [3.8, 4) is 5.82 Å². The van der Waals surface area contributed by atoms with Gasteiger partial charge in [-0.05, 0) is 32.4 Å². The summed E-state index contributed by atoms with van der Waals surface area (Å²) in [6.45, 7) is 12.2. The van der Waals surface area contributed by atoms with Gasteiger partial charge in [0.05, 0.1) is 6.57 Å². The van der Waals surface area contributed by atoms with Crippen LogP contribution in [0, 0.1) is 27.3 Å². The predicted octanol–water partition coefficient (Wildman–Crippen LogP) is 1.41. The summed E-state index contributed by atoms with van der Waals surface area (Å²) in [6.07, 6.45) is 0. The fourth-order valence-electron chi connectivity index (χ4n) is 1.95. The molecule has 0 aliphatic heterocycles. The predicted molar refractivity (Wildman–Crippen MR) is 75.5 cm³/mol. The molecule has 0 aliphatic rings. The minimum atomic E-state index is -0.444. The second kappa shape index (κ2) is 4.78. The molecule has 6 heteroatoms. The van der Waals surface area contributed by atoms with Crippen molar-refractivity contribution in [2.75, 3.05) is 0 Å². The van der Waals surface area contributed by atoms with Crippen molar-refractivity contribution in [2.24, 2.45) is 7.05 Å². The van der Waals surface area contributed by atoms with Crippen LogP contribution in [0.25, 0.3) is 10.7 Å². The van der Waals surface area contributed by atoms with Gasteiger partial charge in [-0.3, -0.25) is 4.79 Å². The Morgan fingerprint density at radius 3 is 2.45 bits per heavy atom. The van der Waals surface area contributed by atoms with E-state index in [1.165, 1.54) is 10.6 Å². The van der Waals surface area contributed by atoms with Gasteiger partial charge in [0.25, 0.3) is 5.56 Å². The molecule has 6 nitrogen and oxygen atoms in total. The maximum absolute atomic E-state index is 12.3. The quantitative estimate of drug-likeness (QED) is 0.736. The lowest BCUT2D eigenvalue weighted by atomic mass is 10.2. The van der Waals surface area contributed by atoms with Crippen LogP contribution in [-0.4, -0.2) is 14.1 Å². The third-order valence-electron chi connectivity index (χ3n) is 3.24. The maximum atomic E-state index is 12.3. The number of aryl methyl sites for hydroxylation is 3. The summed E-state index contributed by atoms with van der Waals surface area (Å²) in [7, 11) is 1.60. The van der Waals surface area contributed by atoms with Crippen molar-refractivity contribution >= 4 is 5.69 Å². The molecule has 2 aromatic heterocycles. The minimum absolute atomic E-state index is 0.278. The Hall–Kier alpha value is -2.68. The van der Waals surface area contributed by atoms with Crippen molar-refractivity contribution in [2.45, 2.75) is 20.8 Å². The van der Waals surface area contributed by atoms with Gasteiger partial charge in [0.2, 0.25) is 5.69 Å². The van der Waals surface area contributed by atoms with Crippen LogP contribution in [0.1, 0.15) is 17.0 Å². The highest BCUT2D eigenvalue weighted by Crippen LogP contribution is 2.21. The molecule has 0 bridgehead atoms. The zero-order chi connectivity index (χ0) is 15.0. The first-order valence-corrected chi connectivity index (χ1v) is 6.02. The standard InChI is InChI=1S/C14H14N4O2/c1-8-6-11(15-4)10(3)16-13(8)18-12(19)7-9(2)17(5)14(18)20/h6-7H,1-3,5H3. The fourth-order valence-corrected chi connectivity index (χ4v) is 1.95. The molecule has 20 heavy (non-hydrogen) atoms. The number of nitrogens with zero attached hydrogens (tertiary/aromatic N) is 4. The summed E-state index contributed by atoms with van der Waals surface area (Å²) < 4.78 is 2.42. The third-order valence-corrected chi connectivity index (χ3v) is 3.24. The van der Waals surface area contributed by atoms with E-state index < -0.39 is 11.2 Å². The molecule has 0 saturated heterocycles. The Morgan fingerprint density at radius 1 is 1.20 bits per heavy atom. The van der Waals surface area contributed by atoms with Crippen LogP contribution in [0.2, 0.25) is 0 Å². The van der Waals surface area contributed by atoms with Gasteiger partial charge in [0.1, 0.15) is 5.82 Å². The highest BCUT2D eigenvalue weighted by Gasteiger charge is 2.13. The molecular formula is C14H14N4O2. The summed E-state index contributed by atoms with van der Waals surface area (Å²) in [5, 5.41) is 0. The number of pyridine rings is 1. The van der Waals surface area contributed by atoms with Crippen LogP contribution in [0.15, 0.2) is 21.7 Å². The molecule has 0 saturated carbocycles. The molecule has 2 aromatic rings. The number of rotatable bonds is 1. The van der Waals surface area contributed by atoms with Gasteiger partial charge in [-0.15, -0.1) is 0 Å². The van der Waals surface area contributed by atoms with Crippen LogP contribution in [0.3, 0.4) is 0 Å². The number of hydrogen-bond acceptors (Lipinski definition) is 3. The SMILES string of the molecule is [C-]#[N+]c1cc(C)c(-n2c(=O)cc(C)n(C)c2=O)nc1C. The molecule has 0 aromatic carbocycles. The van der Waals surface area contributed by atoms with Crippen LogP contribution in [0.4, 0.5) is 5.69 Å². The van der Waals surface area contributed by atoms with Crippen molar-refractivity contribution in [1.82, 2.24) is 14.1 Å². The smallest absolute Gasteiger partial charge is 0.301 e. The third kappa shape index (κ3) is 2.03. The first-order chi connectivity index (χ1) is 9.36. The largest absolute Gasteiger partial charge is 0.336 e. The van der Waals surface area contributed by atoms with E-state index in [0.717, 1.165) is 4.57 Å². The molecule has 0 radical (unpaired) electrons. The van der Waals surface area contributed by atoms with Crippen molar-refractivity contribution in [3.05, 3.63) is 61.3 Å². The van der Waals surface area contributed by atoms with Crippen LogP contribution in [0.5, 0.6) is 0 Å². The highest BCUT2D eigenvalue weighted by molar-refractivity contribution is 5.54. The average Bonchev–Trinajstić information content (AvgIpc) is 2.39. The molecule has 0 amide bonds. The second-order valence-corrected chi connectivity index (χ2v) is 4.65.